The predicted octanol–water partition coefficient (Wildman–Crippen LogP) is 2.38. The van der Waals surface area contributed by atoms with Gasteiger partial charge in [-0.3, -0.25) is 4.79 Å². The lowest BCUT2D eigenvalue weighted by atomic mass is 9.84. The molecule has 0 unspecified atom stereocenters. The third-order valence-electron chi connectivity index (χ3n) is 4.79. The number of ether oxygens (including phenoxy) is 2. The molecule has 1 aromatic heterocycles. The van der Waals surface area contributed by atoms with Gasteiger partial charge in [-0.25, -0.2) is 9.37 Å². The maximum atomic E-state index is 13.7. The molecule has 0 saturated carbocycles. The number of pyridine rings is 1. The van der Waals surface area contributed by atoms with Crippen LogP contribution in [-0.4, -0.2) is 52.3 Å². The normalized spacial score (nSPS) is 21.3. The summed E-state index contributed by atoms with van der Waals surface area (Å²) in [6.45, 7) is 1.39. The zero-order chi connectivity index (χ0) is 18.1. The van der Waals surface area contributed by atoms with Crippen LogP contribution in [0.4, 0.5) is 4.39 Å². The molecule has 136 valence electrons. The summed E-state index contributed by atoms with van der Waals surface area (Å²) in [5, 5.41) is 9.53. The fourth-order valence-corrected chi connectivity index (χ4v) is 3.53. The highest BCUT2D eigenvalue weighted by Crippen LogP contribution is 2.36. The summed E-state index contributed by atoms with van der Waals surface area (Å²) in [7, 11) is 0. The first kappa shape index (κ1) is 16.8. The highest BCUT2D eigenvalue weighted by Gasteiger charge is 2.50. The second kappa shape index (κ2) is 6.57. The Kier molecular flexibility index (Phi) is 4.24. The summed E-state index contributed by atoms with van der Waals surface area (Å²) in [5.41, 5.74) is -0.0141. The molecule has 3 heterocycles. The van der Waals surface area contributed by atoms with Crippen LogP contribution in [0, 0.1) is 5.82 Å². The zero-order valence-corrected chi connectivity index (χ0v) is 14.1. The second-order valence-corrected chi connectivity index (χ2v) is 6.77. The summed E-state index contributed by atoms with van der Waals surface area (Å²) in [6, 6.07) is 9.12. The molecule has 1 spiro atoms. The Labute approximate surface area is 150 Å². The Morgan fingerprint density at radius 2 is 2.19 bits per heavy atom. The van der Waals surface area contributed by atoms with Crippen LogP contribution < -0.4 is 4.74 Å². The Morgan fingerprint density at radius 1 is 1.35 bits per heavy atom. The SMILES string of the molecule is O=C(c1cccc(O)c1)N1CC2(C[C@@H](Oc3ncccc3F)CCO2)C1. The van der Waals surface area contributed by atoms with Crippen molar-refractivity contribution in [3.8, 4) is 11.6 Å². The first-order valence-electron chi connectivity index (χ1n) is 8.54. The van der Waals surface area contributed by atoms with E-state index in [0.717, 1.165) is 0 Å². The van der Waals surface area contributed by atoms with Crippen molar-refractivity contribution in [3.05, 3.63) is 54.0 Å². The molecule has 0 bridgehead atoms. The van der Waals surface area contributed by atoms with Crippen LogP contribution in [0.5, 0.6) is 11.6 Å². The quantitative estimate of drug-likeness (QED) is 0.912. The minimum atomic E-state index is -0.484. The van der Waals surface area contributed by atoms with E-state index in [2.05, 4.69) is 4.98 Å². The van der Waals surface area contributed by atoms with E-state index in [9.17, 15) is 14.3 Å². The third kappa shape index (κ3) is 3.22. The number of halogens is 1. The molecule has 1 N–H and O–H groups in total. The van der Waals surface area contributed by atoms with Crippen molar-refractivity contribution in [2.75, 3.05) is 19.7 Å². The van der Waals surface area contributed by atoms with E-state index in [0.29, 0.717) is 38.1 Å². The van der Waals surface area contributed by atoms with Gasteiger partial charge in [0.15, 0.2) is 5.82 Å². The van der Waals surface area contributed by atoms with Crippen LogP contribution in [0.1, 0.15) is 23.2 Å². The highest BCUT2D eigenvalue weighted by molar-refractivity contribution is 5.95. The summed E-state index contributed by atoms with van der Waals surface area (Å²) in [5.74, 6) is -0.566. The van der Waals surface area contributed by atoms with Gasteiger partial charge < -0.3 is 19.5 Å². The molecule has 2 fully saturated rings. The van der Waals surface area contributed by atoms with E-state index in [-0.39, 0.29) is 23.6 Å². The molecular weight excluding hydrogens is 339 g/mol. The monoisotopic (exact) mass is 358 g/mol. The van der Waals surface area contributed by atoms with Crippen molar-refractivity contribution < 1.29 is 23.8 Å². The lowest BCUT2D eigenvalue weighted by molar-refractivity contribution is -0.174. The average Bonchev–Trinajstić information content (AvgIpc) is 2.61. The summed E-state index contributed by atoms with van der Waals surface area (Å²) in [6.07, 6.45) is 2.52. The van der Waals surface area contributed by atoms with Crippen molar-refractivity contribution in [2.45, 2.75) is 24.5 Å². The second-order valence-electron chi connectivity index (χ2n) is 6.77. The van der Waals surface area contributed by atoms with Gasteiger partial charge in [0.05, 0.1) is 19.7 Å². The van der Waals surface area contributed by atoms with Gasteiger partial charge in [0.2, 0.25) is 0 Å². The van der Waals surface area contributed by atoms with Crippen LogP contribution in [0.25, 0.3) is 0 Å². The predicted molar refractivity (Wildman–Crippen MR) is 90.5 cm³/mol. The molecule has 2 saturated heterocycles. The highest BCUT2D eigenvalue weighted by atomic mass is 19.1. The van der Waals surface area contributed by atoms with Gasteiger partial charge in [-0.15, -0.1) is 0 Å². The lowest BCUT2D eigenvalue weighted by Gasteiger charge is -2.52. The van der Waals surface area contributed by atoms with Crippen molar-refractivity contribution in [3.63, 3.8) is 0 Å². The number of amides is 1. The van der Waals surface area contributed by atoms with E-state index in [1.807, 2.05) is 0 Å². The van der Waals surface area contributed by atoms with Gasteiger partial charge in [-0.1, -0.05) is 6.07 Å². The zero-order valence-electron chi connectivity index (χ0n) is 14.1. The number of carbonyl (C=O) groups is 1. The number of rotatable bonds is 3. The smallest absolute Gasteiger partial charge is 0.254 e. The molecule has 26 heavy (non-hydrogen) atoms. The summed E-state index contributed by atoms with van der Waals surface area (Å²) < 4.78 is 25.3. The van der Waals surface area contributed by atoms with Crippen molar-refractivity contribution in [1.82, 2.24) is 9.88 Å². The number of aromatic nitrogens is 1. The van der Waals surface area contributed by atoms with Crippen molar-refractivity contribution in [1.29, 1.82) is 0 Å². The average molecular weight is 358 g/mol. The standard InChI is InChI=1S/C19H19FN2O4/c20-16-5-2-7-21-17(16)26-15-6-8-25-19(10-15)11-22(12-19)18(24)13-3-1-4-14(23)9-13/h1-5,7,9,15,23H,6,8,10-12H2/t15-/m0/s1. The number of hydrogen-bond acceptors (Lipinski definition) is 5. The Balaban J connectivity index is 1.38. The van der Waals surface area contributed by atoms with Gasteiger partial charge >= 0.3 is 0 Å². The van der Waals surface area contributed by atoms with Crippen LogP contribution in [-0.2, 0) is 4.74 Å². The first-order chi connectivity index (χ1) is 12.5. The van der Waals surface area contributed by atoms with Crippen LogP contribution in [0.15, 0.2) is 42.6 Å². The minimum Gasteiger partial charge on any atom is -0.508 e. The van der Waals surface area contributed by atoms with Crippen LogP contribution >= 0.6 is 0 Å². The molecule has 6 nitrogen and oxygen atoms in total. The van der Waals surface area contributed by atoms with Gasteiger partial charge in [0.1, 0.15) is 17.5 Å². The number of phenolic OH excluding ortho intramolecular Hbond substituents is 1. The first-order valence-corrected chi connectivity index (χ1v) is 8.54. The molecule has 4 rings (SSSR count). The number of benzene rings is 1. The van der Waals surface area contributed by atoms with Gasteiger partial charge in [0, 0.05) is 24.6 Å². The Morgan fingerprint density at radius 3 is 2.96 bits per heavy atom. The minimum absolute atomic E-state index is 0.00145. The molecule has 1 atom stereocenters. The summed E-state index contributed by atoms with van der Waals surface area (Å²) >= 11 is 0. The van der Waals surface area contributed by atoms with Crippen molar-refractivity contribution >= 4 is 5.91 Å². The number of carbonyl (C=O) groups excluding carboxylic acids is 1. The fraction of sp³-hybridized carbons (Fsp3) is 0.368. The van der Waals surface area contributed by atoms with Gasteiger partial charge in [-0.05, 0) is 30.3 Å². The number of likely N-dealkylation sites (tertiary alicyclic amines) is 1. The molecular formula is C19H19FN2O4. The molecule has 2 aromatic rings. The van der Waals surface area contributed by atoms with E-state index < -0.39 is 11.4 Å². The van der Waals surface area contributed by atoms with E-state index >= 15 is 0 Å². The number of phenols is 1. The number of nitrogens with zero attached hydrogens (tertiary/aromatic N) is 2. The molecule has 0 aliphatic carbocycles. The Hall–Kier alpha value is -2.67. The Bertz CT molecular complexity index is 823. The van der Waals surface area contributed by atoms with Gasteiger partial charge in [-0.2, -0.15) is 0 Å². The maximum absolute atomic E-state index is 13.7. The molecule has 0 radical (unpaired) electrons. The largest absolute Gasteiger partial charge is 0.508 e. The van der Waals surface area contributed by atoms with E-state index in [1.165, 1.54) is 30.5 Å². The fourth-order valence-electron chi connectivity index (χ4n) is 3.53. The van der Waals surface area contributed by atoms with Gasteiger partial charge in [0.25, 0.3) is 11.8 Å². The molecule has 1 amide bonds. The maximum Gasteiger partial charge on any atom is 0.254 e. The molecule has 2 aliphatic heterocycles. The summed E-state index contributed by atoms with van der Waals surface area (Å²) in [4.78, 5) is 18.1. The molecule has 2 aliphatic rings. The number of aromatic hydroxyl groups is 1. The molecule has 7 heteroatoms. The third-order valence-corrected chi connectivity index (χ3v) is 4.79. The van der Waals surface area contributed by atoms with Crippen LogP contribution in [0.2, 0.25) is 0 Å². The van der Waals surface area contributed by atoms with E-state index in [1.54, 1.807) is 17.0 Å². The van der Waals surface area contributed by atoms with E-state index in [4.69, 9.17) is 9.47 Å². The lowest BCUT2D eigenvalue weighted by Crippen LogP contribution is -2.67. The number of hydrogen-bond donors (Lipinski definition) is 1. The van der Waals surface area contributed by atoms with Crippen molar-refractivity contribution in [2.24, 2.45) is 0 Å². The molecule has 1 aromatic carbocycles. The topological polar surface area (TPSA) is 71.9 Å². The van der Waals surface area contributed by atoms with Crippen LogP contribution in [0.3, 0.4) is 0 Å².